The summed E-state index contributed by atoms with van der Waals surface area (Å²) in [6.45, 7) is 3.87. The molecule has 0 amide bonds. The van der Waals surface area contributed by atoms with Crippen LogP contribution in [-0.2, 0) is 0 Å². The van der Waals surface area contributed by atoms with E-state index >= 15 is 0 Å². The quantitative estimate of drug-likeness (QED) is 0.774. The minimum absolute atomic E-state index is 0.448. The van der Waals surface area contributed by atoms with E-state index in [1.807, 2.05) is 13.8 Å². The zero-order valence-electron chi connectivity index (χ0n) is 11.7. The Hall–Kier alpha value is -2.29. The van der Waals surface area contributed by atoms with Crippen LogP contribution in [0.1, 0.15) is 11.4 Å². The van der Waals surface area contributed by atoms with Crippen molar-refractivity contribution in [1.29, 1.82) is 0 Å². The minimum Gasteiger partial charge on any atom is -0.357 e. The van der Waals surface area contributed by atoms with Gasteiger partial charge in [-0.2, -0.15) is 20.1 Å². The predicted molar refractivity (Wildman–Crippen MR) is 80.8 cm³/mol. The van der Waals surface area contributed by atoms with E-state index in [9.17, 15) is 0 Å². The average Bonchev–Trinajstić information content (AvgIpc) is 3.12. The van der Waals surface area contributed by atoms with E-state index in [0.717, 1.165) is 15.9 Å². The molecule has 3 heterocycles. The van der Waals surface area contributed by atoms with Crippen LogP contribution in [0.2, 0.25) is 0 Å². The number of anilines is 1. The molecule has 8 nitrogen and oxygen atoms in total. The van der Waals surface area contributed by atoms with Crippen molar-refractivity contribution in [2.45, 2.75) is 13.8 Å². The zero-order valence-corrected chi connectivity index (χ0v) is 13.3. The van der Waals surface area contributed by atoms with Gasteiger partial charge in [0.2, 0.25) is 11.9 Å². The largest absolute Gasteiger partial charge is 0.357 e. The lowest BCUT2D eigenvalue weighted by atomic mass is 10.4. The highest BCUT2D eigenvalue weighted by atomic mass is 79.9. The fraction of sp³-hybridized carbons (Fsp3) is 0.250. The van der Waals surface area contributed by atoms with E-state index < -0.39 is 0 Å². The molecule has 0 spiro atoms. The average molecular weight is 349 g/mol. The van der Waals surface area contributed by atoms with E-state index in [4.69, 9.17) is 0 Å². The maximum absolute atomic E-state index is 4.45. The standard InChI is InChI=1S/C12H13BrN8/c1-7-9(13)8(2)21(19-7)12-17-10(14-3)16-11(18-12)20-5-4-15-6-20/h4-6H,1-3H3,(H,14,16,17,18). The second-order valence-electron chi connectivity index (χ2n) is 4.38. The third-order valence-corrected chi connectivity index (χ3v) is 4.11. The van der Waals surface area contributed by atoms with Crippen LogP contribution < -0.4 is 5.32 Å². The summed E-state index contributed by atoms with van der Waals surface area (Å²) in [5.74, 6) is 1.39. The molecule has 0 aliphatic carbocycles. The Morgan fingerprint density at radius 3 is 2.48 bits per heavy atom. The predicted octanol–water partition coefficient (Wildman–Crippen LogP) is 1.66. The first-order chi connectivity index (χ1) is 10.1. The van der Waals surface area contributed by atoms with E-state index in [-0.39, 0.29) is 0 Å². The Kier molecular flexibility index (Phi) is 3.42. The van der Waals surface area contributed by atoms with Crippen LogP contribution in [0.25, 0.3) is 11.9 Å². The highest BCUT2D eigenvalue weighted by Gasteiger charge is 2.15. The Labute approximate surface area is 129 Å². The van der Waals surface area contributed by atoms with Crippen LogP contribution in [0.3, 0.4) is 0 Å². The lowest BCUT2D eigenvalue weighted by Crippen LogP contribution is -2.12. The highest BCUT2D eigenvalue weighted by molar-refractivity contribution is 9.10. The van der Waals surface area contributed by atoms with E-state index in [2.05, 4.69) is 46.3 Å². The third kappa shape index (κ3) is 2.40. The van der Waals surface area contributed by atoms with Gasteiger partial charge in [-0.1, -0.05) is 0 Å². The number of hydrogen-bond donors (Lipinski definition) is 1. The SMILES string of the molecule is CNc1nc(-n2ccnc2)nc(-n2nc(C)c(Br)c2C)n1. The van der Waals surface area contributed by atoms with Gasteiger partial charge in [-0.3, -0.25) is 4.57 Å². The monoisotopic (exact) mass is 348 g/mol. The molecule has 21 heavy (non-hydrogen) atoms. The molecule has 0 saturated heterocycles. The van der Waals surface area contributed by atoms with Gasteiger partial charge >= 0.3 is 0 Å². The fourth-order valence-electron chi connectivity index (χ4n) is 1.87. The van der Waals surface area contributed by atoms with Crippen molar-refractivity contribution in [1.82, 2.24) is 34.3 Å². The van der Waals surface area contributed by atoms with E-state index in [1.165, 1.54) is 0 Å². The number of rotatable bonds is 3. The van der Waals surface area contributed by atoms with Crippen LogP contribution in [-0.4, -0.2) is 41.3 Å². The number of aromatic nitrogens is 7. The second kappa shape index (κ2) is 5.24. The lowest BCUT2D eigenvalue weighted by Gasteiger charge is -2.08. The smallest absolute Gasteiger partial charge is 0.257 e. The molecule has 0 aromatic carbocycles. The fourth-order valence-corrected chi connectivity index (χ4v) is 2.12. The number of imidazole rings is 1. The van der Waals surface area contributed by atoms with Gasteiger partial charge in [-0.15, -0.1) is 0 Å². The number of hydrogen-bond acceptors (Lipinski definition) is 6. The Balaban J connectivity index is 2.18. The van der Waals surface area contributed by atoms with Crippen molar-refractivity contribution < 1.29 is 0 Å². The molecule has 0 aliphatic heterocycles. The van der Waals surface area contributed by atoms with Gasteiger partial charge in [0.1, 0.15) is 6.33 Å². The molecular formula is C12H13BrN8. The van der Waals surface area contributed by atoms with Crippen molar-refractivity contribution in [2.75, 3.05) is 12.4 Å². The summed E-state index contributed by atoms with van der Waals surface area (Å²) in [6.07, 6.45) is 5.08. The van der Waals surface area contributed by atoms with E-state index in [1.54, 1.807) is 35.0 Å². The van der Waals surface area contributed by atoms with Crippen LogP contribution in [0.5, 0.6) is 0 Å². The molecule has 0 aliphatic rings. The molecule has 3 aromatic rings. The molecule has 0 unspecified atom stereocenters. The van der Waals surface area contributed by atoms with Crippen molar-refractivity contribution in [3.05, 3.63) is 34.6 Å². The van der Waals surface area contributed by atoms with Crippen LogP contribution in [0.4, 0.5) is 5.95 Å². The van der Waals surface area contributed by atoms with E-state index in [0.29, 0.717) is 17.8 Å². The van der Waals surface area contributed by atoms with Gasteiger partial charge in [-0.25, -0.2) is 9.67 Å². The topological polar surface area (TPSA) is 86.3 Å². The van der Waals surface area contributed by atoms with Crippen molar-refractivity contribution in [3.63, 3.8) is 0 Å². The minimum atomic E-state index is 0.448. The molecule has 0 atom stereocenters. The third-order valence-electron chi connectivity index (χ3n) is 2.96. The van der Waals surface area contributed by atoms with Gasteiger partial charge in [0.25, 0.3) is 5.95 Å². The molecule has 9 heteroatoms. The van der Waals surface area contributed by atoms with Crippen LogP contribution in [0, 0.1) is 13.8 Å². The first-order valence-corrected chi connectivity index (χ1v) is 7.03. The number of aryl methyl sites for hydroxylation is 1. The number of nitrogens with one attached hydrogen (secondary N) is 1. The maximum Gasteiger partial charge on any atom is 0.257 e. The molecule has 0 radical (unpaired) electrons. The van der Waals surface area contributed by atoms with Gasteiger partial charge in [0.05, 0.1) is 15.9 Å². The Morgan fingerprint density at radius 1 is 1.14 bits per heavy atom. The summed E-state index contributed by atoms with van der Waals surface area (Å²) in [4.78, 5) is 17.1. The molecule has 0 bridgehead atoms. The number of halogens is 1. The summed E-state index contributed by atoms with van der Waals surface area (Å²) < 4.78 is 4.34. The molecule has 1 N–H and O–H groups in total. The molecule has 3 aromatic heterocycles. The van der Waals surface area contributed by atoms with Gasteiger partial charge in [-0.05, 0) is 29.8 Å². The Morgan fingerprint density at radius 2 is 1.90 bits per heavy atom. The van der Waals surface area contributed by atoms with Crippen molar-refractivity contribution >= 4 is 21.9 Å². The maximum atomic E-state index is 4.45. The van der Waals surface area contributed by atoms with Crippen molar-refractivity contribution in [3.8, 4) is 11.9 Å². The molecule has 0 saturated carbocycles. The summed E-state index contributed by atoms with van der Waals surface area (Å²) in [5.41, 5.74) is 1.81. The summed E-state index contributed by atoms with van der Waals surface area (Å²) >= 11 is 3.50. The lowest BCUT2D eigenvalue weighted by molar-refractivity contribution is 0.751. The summed E-state index contributed by atoms with van der Waals surface area (Å²) in [6, 6.07) is 0. The number of nitrogens with zero attached hydrogens (tertiary/aromatic N) is 7. The zero-order chi connectivity index (χ0) is 15.0. The molecule has 108 valence electrons. The molecule has 3 rings (SSSR count). The normalized spacial score (nSPS) is 10.9. The summed E-state index contributed by atoms with van der Waals surface area (Å²) in [5, 5.41) is 7.37. The second-order valence-corrected chi connectivity index (χ2v) is 5.17. The van der Waals surface area contributed by atoms with Gasteiger partial charge in [0, 0.05) is 19.4 Å². The molecular weight excluding hydrogens is 336 g/mol. The summed E-state index contributed by atoms with van der Waals surface area (Å²) in [7, 11) is 1.76. The first kappa shape index (κ1) is 13.7. The van der Waals surface area contributed by atoms with Crippen LogP contribution >= 0.6 is 15.9 Å². The van der Waals surface area contributed by atoms with Gasteiger partial charge in [0.15, 0.2) is 0 Å². The van der Waals surface area contributed by atoms with Crippen LogP contribution in [0.15, 0.2) is 23.2 Å². The molecule has 0 fully saturated rings. The van der Waals surface area contributed by atoms with Gasteiger partial charge < -0.3 is 5.32 Å². The first-order valence-electron chi connectivity index (χ1n) is 6.24. The highest BCUT2D eigenvalue weighted by Crippen LogP contribution is 2.22. The van der Waals surface area contributed by atoms with Crippen molar-refractivity contribution in [2.24, 2.45) is 0 Å². The Bertz CT molecular complexity index is 777.